The lowest BCUT2D eigenvalue weighted by atomic mass is 10.3. The van der Waals surface area contributed by atoms with Crippen LogP contribution in [0.1, 0.15) is 6.92 Å². The van der Waals surface area contributed by atoms with Crippen LogP contribution in [0.5, 0.6) is 0 Å². The molecule has 1 aliphatic heterocycles. The zero-order chi connectivity index (χ0) is 12.2. The third kappa shape index (κ3) is 4.46. The number of carbonyl (C=O) groups is 1. The van der Waals surface area contributed by atoms with Gasteiger partial charge >= 0.3 is 0 Å². The van der Waals surface area contributed by atoms with Crippen LogP contribution in [0.25, 0.3) is 0 Å². The third-order valence-corrected chi connectivity index (χ3v) is 3.91. The molecule has 0 aliphatic carbocycles. The summed E-state index contributed by atoms with van der Waals surface area (Å²) >= 11 is 0. The first-order chi connectivity index (χ1) is 7.39. The quantitative estimate of drug-likeness (QED) is 0.672. The van der Waals surface area contributed by atoms with Crippen molar-refractivity contribution in [3.8, 4) is 0 Å². The topological polar surface area (TPSA) is 69.7 Å². The molecule has 0 aromatic heterocycles. The van der Waals surface area contributed by atoms with Crippen LogP contribution in [0.4, 0.5) is 0 Å². The highest BCUT2D eigenvalue weighted by Gasteiger charge is 2.22. The van der Waals surface area contributed by atoms with Gasteiger partial charge in [-0.3, -0.25) is 9.69 Å². The predicted molar refractivity (Wildman–Crippen MR) is 61.5 cm³/mol. The highest BCUT2D eigenvalue weighted by atomic mass is 32.2. The monoisotopic (exact) mass is 249 g/mol. The minimum absolute atomic E-state index is 0.0326. The lowest BCUT2D eigenvalue weighted by Crippen LogP contribution is -2.49. The molecule has 6 nitrogen and oxygen atoms in total. The van der Waals surface area contributed by atoms with Crippen LogP contribution >= 0.6 is 0 Å². The summed E-state index contributed by atoms with van der Waals surface area (Å²) in [5.41, 5.74) is 0. The maximum absolute atomic E-state index is 11.2. The molecule has 0 radical (unpaired) electrons. The van der Waals surface area contributed by atoms with E-state index in [0.29, 0.717) is 19.6 Å². The first-order valence-electron chi connectivity index (χ1n) is 5.31. The van der Waals surface area contributed by atoms with Crippen molar-refractivity contribution in [2.75, 3.05) is 45.5 Å². The molecule has 0 bridgehead atoms. The first kappa shape index (κ1) is 13.4. The van der Waals surface area contributed by atoms with Crippen LogP contribution in [0.2, 0.25) is 0 Å². The van der Waals surface area contributed by atoms with Crippen molar-refractivity contribution in [1.29, 1.82) is 0 Å². The molecule has 1 heterocycles. The smallest absolute Gasteiger partial charge is 0.216 e. The van der Waals surface area contributed by atoms with Crippen LogP contribution in [0.3, 0.4) is 0 Å². The molecular formula is C9H19N3O3S. The van der Waals surface area contributed by atoms with E-state index in [-0.39, 0.29) is 5.91 Å². The van der Waals surface area contributed by atoms with Gasteiger partial charge in [0.25, 0.3) is 0 Å². The van der Waals surface area contributed by atoms with Gasteiger partial charge in [-0.05, 0) is 0 Å². The summed E-state index contributed by atoms with van der Waals surface area (Å²) in [6.07, 6.45) is 1.24. The number of hydrogen-bond acceptors (Lipinski definition) is 4. The van der Waals surface area contributed by atoms with Gasteiger partial charge in [-0.25, -0.2) is 8.42 Å². The van der Waals surface area contributed by atoms with Crippen LogP contribution < -0.4 is 5.32 Å². The maximum Gasteiger partial charge on any atom is 0.216 e. The Kier molecular flexibility index (Phi) is 4.69. The summed E-state index contributed by atoms with van der Waals surface area (Å²) in [4.78, 5) is 12.8. The minimum atomic E-state index is -3.05. The van der Waals surface area contributed by atoms with Gasteiger partial charge in [-0.1, -0.05) is 0 Å². The molecule has 1 amide bonds. The van der Waals surface area contributed by atoms with Crippen LogP contribution in [0, 0.1) is 0 Å². The average Bonchev–Trinajstić information content (AvgIpc) is 2.16. The highest BCUT2D eigenvalue weighted by molar-refractivity contribution is 7.88. The van der Waals surface area contributed by atoms with Crippen LogP contribution in [0.15, 0.2) is 0 Å². The van der Waals surface area contributed by atoms with Gasteiger partial charge in [0.15, 0.2) is 0 Å². The first-order valence-corrected chi connectivity index (χ1v) is 7.16. The maximum atomic E-state index is 11.2. The Bertz CT molecular complexity index is 334. The van der Waals surface area contributed by atoms with Gasteiger partial charge in [-0.2, -0.15) is 4.31 Å². The number of nitrogens with one attached hydrogen (secondary N) is 1. The zero-order valence-corrected chi connectivity index (χ0v) is 10.6. The Morgan fingerprint density at radius 2 is 1.81 bits per heavy atom. The second kappa shape index (κ2) is 5.60. The number of hydrogen-bond donors (Lipinski definition) is 1. The number of amides is 1. The summed E-state index contributed by atoms with van der Waals surface area (Å²) in [5.74, 6) is -0.0326. The number of sulfonamides is 1. The van der Waals surface area contributed by atoms with E-state index in [9.17, 15) is 13.2 Å². The van der Waals surface area contributed by atoms with Crippen molar-refractivity contribution in [1.82, 2.24) is 14.5 Å². The van der Waals surface area contributed by atoms with Gasteiger partial charge in [0.1, 0.15) is 0 Å². The zero-order valence-electron chi connectivity index (χ0n) is 9.77. The van der Waals surface area contributed by atoms with E-state index in [1.54, 1.807) is 0 Å². The molecule has 0 atom stereocenters. The molecule has 0 aromatic rings. The molecule has 0 aromatic carbocycles. The van der Waals surface area contributed by atoms with E-state index >= 15 is 0 Å². The summed E-state index contributed by atoms with van der Waals surface area (Å²) in [6, 6.07) is 0. The summed E-state index contributed by atoms with van der Waals surface area (Å²) in [7, 11) is -3.05. The molecular weight excluding hydrogens is 230 g/mol. The van der Waals surface area contributed by atoms with Gasteiger partial charge in [0.05, 0.1) is 6.26 Å². The molecule has 94 valence electrons. The third-order valence-electron chi connectivity index (χ3n) is 2.60. The number of rotatable bonds is 4. The Morgan fingerprint density at radius 1 is 1.25 bits per heavy atom. The molecule has 0 spiro atoms. The van der Waals surface area contributed by atoms with Crippen molar-refractivity contribution >= 4 is 15.9 Å². The largest absolute Gasteiger partial charge is 0.355 e. The molecule has 7 heteroatoms. The highest BCUT2D eigenvalue weighted by Crippen LogP contribution is 2.04. The fourth-order valence-electron chi connectivity index (χ4n) is 1.67. The molecule has 1 rings (SSSR count). The van der Waals surface area contributed by atoms with E-state index in [2.05, 4.69) is 10.2 Å². The summed E-state index contributed by atoms with van der Waals surface area (Å²) in [6.45, 7) is 5.42. The standard InChI is InChI=1S/C9H19N3O3S/c1-9(13)10-3-4-11-5-7-12(8-6-11)16(2,14)15/h3-8H2,1-2H3,(H,10,13). The summed E-state index contributed by atoms with van der Waals surface area (Å²) in [5, 5.41) is 2.72. The molecule has 1 N–H and O–H groups in total. The van der Waals surface area contributed by atoms with E-state index in [1.807, 2.05) is 0 Å². The van der Waals surface area contributed by atoms with Crippen LogP contribution in [-0.4, -0.2) is 69.1 Å². The fraction of sp³-hybridized carbons (Fsp3) is 0.889. The second-order valence-corrected chi connectivity index (χ2v) is 5.97. The molecule has 0 saturated carbocycles. The Hall–Kier alpha value is -0.660. The van der Waals surface area contributed by atoms with Crippen LogP contribution in [-0.2, 0) is 14.8 Å². The van der Waals surface area contributed by atoms with E-state index in [1.165, 1.54) is 17.5 Å². The fourth-order valence-corrected chi connectivity index (χ4v) is 2.50. The molecule has 1 fully saturated rings. The number of carbonyl (C=O) groups excluding carboxylic acids is 1. The van der Waals surface area contributed by atoms with E-state index < -0.39 is 10.0 Å². The van der Waals surface area contributed by atoms with Gasteiger partial charge in [0, 0.05) is 46.2 Å². The SMILES string of the molecule is CC(=O)NCCN1CCN(S(C)(=O)=O)CC1. The number of nitrogens with zero attached hydrogens (tertiary/aromatic N) is 2. The summed E-state index contributed by atoms with van der Waals surface area (Å²) < 4.78 is 24.0. The van der Waals surface area contributed by atoms with E-state index in [4.69, 9.17) is 0 Å². The molecule has 0 unspecified atom stereocenters. The Balaban J connectivity index is 2.25. The van der Waals surface area contributed by atoms with E-state index in [0.717, 1.165) is 19.6 Å². The van der Waals surface area contributed by atoms with Gasteiger partial charge in [0.2, 0.25) is 15.9 Å². The van der Waals surface area contributed by atoms with Crippen molar-refractivity contribution in [3.05, 3.63) is 0 Å². The second-order valence-electron chi connectivity index (χ2n) is 3.99. The van der Waals surface area contributed by atoms with Crippen molar-refractivity contribution in [3.63, 3.8) is 0 Å². The number of piperazine rings is 1. The Labute approximate surface area is 96.6 Å². The van der Waals surface area contributed by atoms with Gasteiger partial charge in [-0.15, -0.1) is 0 Å². The lowest BCUT2D eigenvalue weighted by molar-refractivity contribution is -0.119. The van der Waals surface area contributed by atoms with Crippen molar-refractivity contribution in [2.24, 2.45) is 0 Å². The van der Waals surface area contributed by atoms with Crippen molar-refractivity contribution in [2.45, 2.75) is 6.92 Å². The van der Waals surface area contributed by atoms with Gasteiger partial charge < -0.3 is 5.32 Å². The minimum Gasteiger partial charge on any atom is -0.355 e. The molecule has 1 saturated heterocycles. The predicted octanol–water partition coefficient (Wildman–Crippen LogP) is -1.30. The van der Waals surface area contributed by atoms with Crippen molar-refractivity contribution < 1.29 is 13.2 Å². The molecule has 16 heavy (non-hydrogen) atoms. The average molecular weight is 249 g/mol. The normalized spacial score (nSPS) is 19.6. The molecule has 1 aliphatic rings. The lowest BCUT2D eigenvalue weighted by Gasteiger charge is -2.33. The Morgan fingerprint density at radius 3 is 2.25 bits per heavy atom.